The summed E-state index contributed by atoms with van der Waals surface area (Å²) < 4.78 is 0. The Hall–Kier alpha value is -3.10. The number of quaternary nitrogens is 3. The van der Waals surface area contributed by atoms with Gasteiger partial charge < -0.3 is 44.2 Å². The van der Waals surface area contributed by atoms with Crippen molar-refractivity contribution in [3.05, 3.63) is 0 Å². The summed E-state index contributed by atoms with van der Waals surface area (Å²) >= 11 is 0. The van der Waals surface area contributed by atoms with Gasteiger partial charge in [0.1, 0.15) is 12.1 Å². The Morgan fingerprint density at radius 2 is 0.857 bits per heavy atom. The average Bonchev–Trinajstić information content (AvgIpc) is 3.17. The number of primary amides is 1. The molecule has 0 fully saturated rings. The molecule has 0 aliphatic rings. The third kappa shape index (κ3) is 31.0. The minimum Gasteiger partial charge on any atom is -0.368 e. The lowest BCUT2D eigenvalue weighted by molar-refractivity contribution is -0.369. The number of amides is 5. The molecule has 3 atom stereocenters. The first kappa shape index (κ1) is 52.9. The number of nitrogens with two attached hydrogens (primary N) is 1. The smallest absolute Gasteiger partial charge is 0.243 e. The number of rotatable bonds is 40. The van der Waals surface area contributed by atoms with E-state index in [9.17, 15) is 28.8 Å². The monoisotopic (exact) mass is 798 g/mol. The van der Waals surface area contributed by atoms with E-state index in [-0.39, 0.29) is 29.4 Å². The van der Waals surface area contributed by atoms with Gasteiger partial charge in [0.25, 0.3) is 0 Å². The van der Waals surface area contributed by atoms with Gasteiger partial charge >= 0.3 is 0 Å². The second kappa shape index (κ2) is 37.5. The molecule has 0 aliphatic carbocycles. The molecular weight excluding hydrogens is 713 g/mol. The van der Waals surface area contributed by atoms with Crippen LogP contribution in [0.2, 0.25) is 0 Å². The molecule has 0 radical (unpaired) electrons. The molecule has 0 saturated heterocycles. The Balaban J connectivity index is 4.59. The highest BCUT2D eigenvalue weighted by molar-refractivity contribution is 5.92. The van der Waals surface area contributed by atoms with E-state index in [0.29, 0.717) is 70.8 Å². The fourth-order valence-corrected chi connectivity index (χ4v) is 6.68. The van der Waals surface area contributed by atoms with Gasteiger partial charge in [-0.25, -0.2) is 0 Å². The zero-order chi connectivity index (χ0) is 41.7. The molecule has 5 amide bonds. The number of carbonyl (C=O) groups excluding carboxylic acids is 6. The van der Waals surface area contributed by atoms with Crippen molar-refractivity contribution < 1.29 is 46.0 Å². The standard InChI is InChI=1S/C42H82N8O6/c1-2-3-4-5-6-7-8-9-13-28-40(54)49-36(25-18-21-32-45)42(56)50-34(23-16-19-30-43)37(51)26-12-10-14-27-38(52)47-33-22-11-15-29-39(53)48-35(41(46)55)24-17-20-31-44/h34-36H,2-33,43-45H2,1H3,(H2,46,55)(H,47,52)(H,48,53)(H,49,54)(H,50,56)/p+3. The normalized spacial score (nSPS) is 12.7. The summed E-state index contributed by atoms with van der Waals surface area (Å²) in [4.78, 5) is 75.8. The number of carbonyl (C=O) groups is 6. The zero-order valence-corrected chi connectivity index (χ0v) is 35.5. The van der Waals surface area contributed by atoms with Crippen LogP contribution >= 0.6 is 0 Å². The van der Waals surface area contributed by atoms with Crippen LogP contribution in [-0.2, 0) is 28.8 Å². The van der Waals surface area contributed by atoms with Gasteiger partial charge in [0.15, 0.2) is 5.78 Å². The van der Waals surface area contributed by atoms with Crippen molar-refractivity contribution in [1.82, 2.24) is 21.3 Å². The summed E-state index contributed by atoms with van der Waals surface area (Å²) in [5.74, 6) is -1.17. The fourth-order valence-electron chi connectivity index (χ4n) is 6.68. The molecule has 56 heavy (non-hydrogen) atoms. The Kier molecular flexibility index (Phi) is 35.4. The second-order valence-corrected chi connectivity index (χ2v) is 15.5. The summed E-state index contributed by atoms with van der Waals surface area (Å²) in [5, 5.41) is 11.6. The van der Waals surface area contributed by atoms with Crippen molar-refractivity contribution in [2.75, 3.05) is 26.2 Å². The second-order valence-electron chi connectivity index (χ2n) is 15.5. The van der Waals surface area contributed by atoms with Gasteiger partial charge in [-0.1, -0.05) is 71.1 Å². The number of nitrogens with one attached hydrogen (secondary N) is 4. The molecule has 326 valence electrons. The Morgan fingerprint density at radius 1 is 0.446 bits per heavy atom. The van der Waals surface area contributed by atoms with Gasteiger partial charge in [-0.05, 0) is 89.9 Å². The number of hydrogen-bond acceptors (Lipinski definition) is 6. The molecule has 0 spiro atoms. The van der Waals surface area contributed by atoms with Gasteiger partial charge in [-0.15, -0.1) is 0 Å². The lowest BCUT2D eigenvalue weighted by atomic mass is 9.99. The van der Waals surface area contributed by atoms with Gasteiger partial charge in [0.2, 0.25) is 29.5 Å². The van der Waals surface area contributed by atoms with Crippen molar-refractivity contribution in [2.45, 2.75) is 205 Å². The van der Waals surface area contributed by atoms with Crippen molar-refractivity contribution in [1.29, 1.82) is 0 Å². The average molecular weight is 798 g/mol. The molecule has 0 aromatic heterocycles. The SMILES string of the molecule is CCCCCCCCCCCC(=O)NC(CCCC[NH3+])C(=O)NC(CCCC[NH3+])C(=O)CCCCCC(=O)NCCCCCC(=O)NC(CCCC[NH3+])C(N)=O. The van der Waals surface area contributed by atoms with Crippen molar-refractivity contribution in [2.24, 2.45) is 5.73 Å². The summed E-state index contributed by atoms with van der Waals surface area (Å²) in [5.41, 5.74) is 17.0. The third-order valence-electron chi connectivity index (χ3n) is 10.3. The van der Waals surface area contributed by atoms with Gasteiger partial charge in [0.05, 0.1) is 25.7 Å². The minimum atomic E-state index is -0.673. The van der Waals surface area contributed by atoms with Crippen LogP contribution < -0.4 is 44.2 Å². The Labute approximate surface area is 338 Å². The van der Waals surface area contributed by atoms with Gasteiger partial charge in [-0.2, -0.15) is 0 Å². The number of ketones is 1. The van der Waals surface area contributed by atoms with Crippen LogP contribution in [0.1, 0.15) is 187 Å². The quantitative estimate of drug-likeness (QED) is 0.0431. The first-order valence-electron chi connectivity index (χ1n) is 22.4. The maximum absolute atomic E-state index is 13.5. The van der Waals surface area contributed by atoms with Crippen LogP contribution in [0, 0.1) is 0 Å². The molecule has 0 saturated carbocycles. The zero-order valence-electron chi connectivity index (χ0n) is 35.5. The minimum absolute atomic E-state index is 0.0164. The van der Waals surface area contributed by atoms with E-state index in [1.54, 1.807) is 0 Å². The predicted molar refractivity (Wildman–Crippen MR) is 221 cm³/mol. The number of hydrogen-bond donors (Lipinski definition) is 8. The summed E-state index contributed by atoms with van der Waals surface area (Å²) in [6.07, 6.45) is 22.6. The van der Waals surface area contributed by atoms with Gasteiger partial charge in [-0.3, -0.25) is 28.8 Å². The van der Waals surface area contributed by atoms with Crippen molar-refractivity contribution in [3.8, 4) is 0 Å². The molecule has 0 rings (SSSR count). The molecule has 15 N–H and O–H groups in total. The molecule has 3 unspecified atom stereocenters. The van der Waals surface area contributed by atoms with E-state index < -0.39 is 24.0 Å². The number of Topliss-reactive ketones (excluding diaryl/α,β-unsaturated/α-hetero) is 1. The predicted octanol–water partition coefficient (Wildman–Crippen LogP) is 2.28. The van der Waals surface area contributed by atoms with Crippen LogP contribution in [0.3, 0.4) is 0 Å². The lowest BCUT2D eigenvalue weighted by Crippen LogP contribution is -2.52. The van der Waals surface area contributed by atoms with Crippen LogP contribution in [-0.4, -0.2) is 79.6 Å². The first-order valence-corrected chi connectivity index (χ1v) is 22.4. The lowest BCUT2D eigenvalue weighted by Gasteiger charge is -2.23. The molecule has 0 aromatic carbocycles. The molecule has 14 nitrogen and oxygen atoms in total. The van der Waals surface area contributed by atoms with E-state index in [4.69, 9.17) is 5.73 Å². The topological polar surface area (TPSA) is 259 Å². The van der Waals surface area contributed by atoms with Crippen LogP contribution in [0.4, 0.5) is 0 Å². The van der Waals surface area contributed by atoms with Gasteiger partial charge in [0, 0.05) is 32.2 Å². The van der Waals surface area contributed by atoms with Crippen molar-refractivity contribution in [3.63, 3.8) is 0 Å². The van der Waals surface area contributed by atoms with E-state index in [2.05, 4.69) is 45.4 Å². The van der Waals surface area contributed by atoms with Crippen LogP contribution in [0.25, 0.3) is 0 Å². The highest BCUT2D eigenvalue weighted by atomic mass is 16.2. The molecule has 0 heterocycles. The summed E-state index contributed by atoms with van der Waals surface area (Å²) in [6.45, 7) is 5.04. The molecular formula is C42H85N8O6+3. The summed E-state index contributed by atoms with van der Waals surface area (Å²) in [7, 11) is 0. The van der Waals surface area contributed by atoms with E-state index in [1.807, 2.05) is 0 Å². The maximum atomic E-state index is 13.5. The van der Waals surface area contributed by atoms with Crippen LogP contribution in [0.5, 0.6) is 0 Å². The van der Waals surface area contributed by atoms with E-state index >= 15 is 0 Å². The first-order chi connectivity index (χ1) is 27.1. The van der Waals surface area contributed by atoms with E-state index in [1.165, 1.54) is 38.5 Å². The summed E-state index contributed by atoms with van der Waals surface area (Å²) in [6, 6.07) is -1.93. The third-order valence-corrected chi connectivity index (χ3v) is 10.3. The van der Waals surface area contributed by atoms with E-state index in [0.717, 1.165) is 96.7 Å². The largest absolute Gasteiger partial charge is 0.368 e. The Bertz CT molecular complexity index is 1060. The van der Waals surface area contributed by atoms with Crippen LogP contribution in [0.15, 0.2) is 0 Å². The highest BCUT2D eigenvalue weighted by Crippen LogP contribution is 2.13. The molecule has 0 bridgehead atoms. The van der Waals surface area contributed by atoms with Crippen molar-refractivity contribution >= 4 is 35.3 Å². The molecule has 0 aromatic rings. The number of unbranched alkanes of at least 4 members (excludes halogenated alkanes) is 15. The molecule has 14 heteroatoms. The fraction of sp³-hybridized carbons (Fsp3) is 0.857. The Morgan fingerprint density at radius 3 is 1.38 bits per heavy atom. The molecule has 0 aliphatic heterocycles. The highest BCUT2D eigenvalue weighted by Gasteiger charge is 2.26. The maximum Gasteiger partial charge on any atom is 0.243 e.